The highest BCUT2D eigenvalue weighted by molar-refractivity contribution is 5.77. The number of nitrogens with zero attached hydrogens (tertiary/aromatic N) is 1. The summed E-state index contributed by atoms with van der Waals surface area (Å²) in [6.07, 6.45) is 5.21. The Morgan fingerprint density at radius 2 is 2.07 bits per heavy atom. The molecular formula is C21H28N2O4. The minimum absolute atomic E-state index is 0.0193. The molecule has 2 saturated carbocycles. The van der Waals surface area contributed by atoms with E-state index in [-0.39, 0.29) is 18.4 Å². The third kappa shape index (κ3) is 3.95. The first kappa shape index (κ1) is 18.3. The van der Waals surface area contributed by atoms with Crippen LogP contribution < -0.4 is 10.1 Å². The lowest BCUT2D eigenvalue weighted by molar-refractivity contribution is -0.149. The fourth-order valence-electron chi connectivity index (χ4n) is 4.65. The second kappa shape index (κ2) is 7.50. The van der Waals surface area contributed by atoms with E-state index in [2.05, 4.69) is 10.2 Å². The maximum absolute atomic E-state index is 11.9. The molecule has 0 spiro atoms. The number of nitrogens with one attached hydrogen (secondary N) is 1. The highest BCUT2D eigenvalue weighted by Crippen LogP contribution is 2.49. The van der Waals surface area contributed by atoms with Gasteiger partial charge in [-0.2, -0.15) is 0 Å². The molecule has 0 unspecified atom stereocenters. The van der Waals surface area contributed by atoms with Crippen LogP contribution in [0.4, 0.5) is 0 Å². The number of aliphatic carboxylic acids is 1. The molecule has 2 atom stereocenters. The van der Waals surface area contributed by atoms with Gasteiger partial charge in [0.05, 0.1) is 5.41 Å². The summed E-state index contributed by atoms with van der Waals surface area (Å²) in [5.41, 5.74) is 0.436. The lowest BCUT2D eigenvalue weighted by Crippen LogP contribution is -2.35. The fourth-order valence-corrected chi connectivity index (χ4v) is 4.65. The van der Waals surface area contributed by atoms with Gasteiger partial charge >= 0.3 is 5.97 Å². The van der Waals surface area contributed by atoms with Crippen LogP contribution in [0.1, 0.15) is 37.7 Å². The Morgan fingerprint density at radius 3 is 2.81 bits per heavy atom. The summed E-state index contributed by atoms with van der Waals surface area (Å²) in [6.45, 7) is 2.85. The molecule has 6 heteroatoms. The molecule has 27 heavy (non-hydrogen) atoms. The number of carbonyl (C=O) groups is 2. The van der Waals surface area contributed by atoms with Gasteiger partial charge in [-0.15, -0.1) is 0 Å². The Hall–Kier alpha value is -2.08. The summed E-state index contributed by atoms with van der Waals surface area (Å²) in [7, 11) is 0. The Morgan fingerprint density at radius 1 is 1.26 bits per heavy atom. The van der Waals surface area contributed by atoms with Crippen molar-refractivity contribution in [3.05, 3.63) is 29.8 Å². The minimum atomic E-state index is -0.649. The molecule has 1 aromatic rings. The SMILES string of the molecule is O=C(COc1ccccc1CN1C[C@@H]2CCC[C@@]2(C(=O)O)C1)NCC1CC1. The Kier molecular flexibility index (Phi) is 5.08. The average Bonchev–Trinajstić information content (AvgIpc) is 3.29. The zero-order chi connectivity index (χ0) is 18.9. The molecule has 6 nitrogen and oxygen atoms in total. The number of amides is 1. The number of carbonyl (C=O) groups excluding carboxylic acids is 1. The van der Waals surface area contributed by atoms with Crippen LogP contribution >= 0.6 is 0 Å². The van der Waals surface area contributed by atoms with Crippen molar-refractivity contribution < 1.29 is 19.4 Å². The monoisotopic (exact) mass is 372 g/mol. The van der Waals surface area contributed by atoms with Crippen LogP contribution in [-0.2, 0) is 16.1 Å². The predicted octanol–water partition coefficient (Wildman–Crippen LogP) is 2.28. The second-order valence-electron chi connectivity index (χ2n) is 8.36. The zero-order valence-electron chi connectivity index (χ0n) is 15.7. The average molecular weight is 372 g/mol. The molecule has 0 radical (unpaired) electrons. The van der Waals surface area contributed by atoms with Crippen LogP contribution in [0.15, 0.2) is 24.3 Å². The van der Waals surface area contributed by atoms with Crippen molar-refractivity contribution in [3.63, 3.8) is 0 Å². The van der Waals surface area contributed by atoms with Gasteiger partial charge in [-0.1, -0.05) is 24.6 Å². The van der Waals surface area contributed by atoms with Gasteiger partial charge in [-0.3, -0.25) is 14.5 Å². The van der Waals surface area contributed by atoms with Crippen molar-refractivity contribution in [3.8, 4) is 5.75 Å². The summed E-state index contributed by atoms with van der Waals surface area (Å²) in [5, 5.41) is 12.7. The van der Waals surface area contributed by atoms with E-state index >= 15 is 0 Å². The maximum Gasteiger partial charge on any atom is 0.311 e. The van der Waals surface area contributed by atoms with Crippen LogP contribution in [0.2, 0.25) is 0 Å². The van der Waals surface area contributed by atoms with Crippen LogP contribution in [0.5, 0.6) is 5.75 Å². The van der Waals surface area contributed by atoms with Crippen LogP contribution in [-0.4, -0.2) is 48.1 Å². The maximum atomic E-state index is 11.9. The number of rotatable bonds is 8. The van der Waals surface area contributed by atoms with Crippen molar-refractivity contribution >= 4 is 11.9 Å². The van der Waals surface area contributed by atoms with E-state index in [0.717, 1.165) is 37.9 Å². The van der Waals surface area contributed by atoms with Crippen LogP contribution in [0.25, 0.3) is 0 Å². The Balaban J connectivity index is 1.35. The number of para-hydroxylation sites is 1. The number of ether oxygens (including phenoxy) is 1. The molecule has 2 aliphatic carbocycles. The van der Waals surface area contributed by atoms with E-state index in [9.17, 15) is 14.7 Å². The molecule has 1 saturated heterocycles. The molecular weight excluding hydrogens is 344 g/mol. The van der Waals surface area contributed by atoms with Gasteiger partial charge in [0.2, 0.25) is 0 Å². The number of fused-ring (bicyclic) bond motifs is 1. The quantitative estimate of drug-likeness (QED) is 0.732. The van der Waals surface area contributed by atoms with E-state index < -0.39 is 11.4 Å². The third-order valence-electron chi connectivity index (χ3n) is 6.38. The smallest absolute Gasteiger partial charge is 0.311 e. The summed E-state index contributed by atoms with van der Waals surface area (Å²) in [4.78, 5) is 26.0. The number of benzene rings is 1. The first-order valence-electron chi connectivity index (χ1n) is 10.00. The van der Waals surface area contributed by atoms with Gasteiger partial charge < -0.3 is 15.2 Å². The van der Waals surface area contributed by atoms with E-state index in [4.69, 9.17) is 4.74 Å². The van der Waals surface area contributed by atoms with Gasteiger partial charge in [0, 0.05) is 31.7 Å². The normalized spacial score (nSPS) is 27.3. The van der Waals surface area contributed by atoms with Gasteiger partial charge in [0.25, 0.3) is 5.91 Å². The van der Waals surface area contributed by atoms with E-state index in [1.54, 1.807) is 0 Å². The number of hydrogen-bond donors (Lipinski definition) is 2. The highest BCUT2D eigenvalue weighted by Gasteiger charge is 2.54. The molecule has 3 aliphatic rings. The lowest BCUT2D eigenvalue weighted by Gasteiger charge is -2.24. The Labute approximate surface area is 159 Å². The molecule has 1 heterocycles. The topological polar surface area (TPSA) is 78.9 Å². The van der Waals surface area contributed by atoms with E-state index in [1.807, 2.05) is 24.3 Å². The fraction of sp³-hybridized carbons (Fsp3) is 0.619. The van der Waals surface area contributed by atoms with Crippen LogP contribution in [0, 0.1) is 17.3 Å². The van der Waals surface area contributed by atoms with Crippen molar-refractivity contribution in [2.24, 2.45) is 17.3 Å². The van der Waals surface area contributed by atoms with Crippen molar-refractivity contribution in [2.45, 2.75) is 38.6 Å². The highest BCUT2D eigenvalue weighted by atomic mass is 16.5. The Bertz CT molecular complexity index is 718. The summed E-state index contributed by atoms with van der Waals surface area (Å²) in [5.74, 6) is 0.871. The summed E-state index contributed by atoms with van der Waals surface area (Å²) >= 11 is 0. The molecule has 0 bridgehead atoms. The lowest BCUT2D eigenvalue weighted by atomic mass is 9.81. The molecule has 4 rings (SSSR count). The van der Waals surface area contributed by atoms with Crippen molar-refractivity contribution in [1.29, 1.82) is 0 Å². The number of carboxylic acid groups (broad SMARTS) is 1. The van der Waals surface area contributed by atoms with E-state index in [1.165, 1.54) is 12.8 Å². The molecule has 1 aromatic carbocycles. The summed E-state index contributed by atoms with van der Waals surface area (Å²) in [6, 6.07) is 7.74. The molecule has 3 fully saturated rings. The van der Waals surface area contributed by atoms with Gasteiger partial charge in [0.1, 0.15) is 5.75 Å². The second-order valence-corrected chi connectivity index (χ2v) is 8.36. The number of likely N-dealkylation sites (tertiary alicyclic amines) is 1. The first-order chi connectivity index (χ1) is 13.1. The van der Waals surface area contributed by atoms with Gasteiger partial charge in [0.15, 0.2) is 6.61 Å². The van der Waals surface area contributed by atoms with Gasteiger partial charge in [-0.05, 0) is 43.6 Å². The molecule has 1 amide bonds. The third-order valence-corrected chi connectivity index (χ3v) is 6.38. The standard InChI is InChI=1S/C21H28N2O4/c24-19(22-10-15-7-8-15)13-27-18-6-2-1-4-16(18)11-23-12-17-5-3-9-21(17,14-23)20(25)26/h1-2,4,6,15,17H,3,5,7-14H2,(H,22,24)(H,25,26)/t17-,21+/m0/s1. The van der Waals surface area contributed by atoms with Crippen molar-refractivity contribution in [1.82, 2.24) is 10.2 Å². The van der Waals surface area contributed by atoms with E-state index in [0.29, 0.717) is 24.8 Å². The molecule has 146 valence electrons. The summed E-state index contributed by atoms with van der Waals surface area (Å²) < 4.78 is 5.77. The largest absolute Gasteiger partial charge is 0.483 e. The van der Waals surface area contributed by atoms with Crippen molar-refractivity contribution in [2.75, 3.05) is 26.2 Å². The molecule has 2 N–H and O–H groups in total. The number of hydrogen-bond acceptors (Lipinski definition) is 4. The molecule has 0 aromatic heterocycles. The minimum Gasteiger partial charge on any atom is -0.483 e. The number of carboxylic acids is 1. The van der Waals surface area contributed by atoms with Gasteiger partial charge in [-0.25, -0.2) is 0 Å². The van der Waals surface area contributed by atoms with Crippen LogP contribution in [0.3, 0.4) is 0 Å². The predicted molar refractivity (Wildman–Crippen MR) is 100 cm³/mol. The first-order valence-corrected chi connectivity index (χ1v) is 10.00. The molecule has 1 aliphatic heterocycles. The zero-order valence-corrected chi connectivity index (χ0v) is 15.7.